The van der Waals surface area contributed by atoms with Crippen LogP contribution in [0.5, 0.6) is 5.75 Å². The van der Waals surface area contributed by atoms with Crippen LogP contribution in [0.3, 0.4) is 0 Å². The Bertz CT molecular complexity index is 855. The number of nitrogens with one attached hydrogen (secondary N) is 1. The molecule has 3 heteroatoms. The molecule has 3 aromatic carbocycles. The average Bonchev–Trinajstić information content (AvgIpc) is 2.70. The van der Waals surface area contributed by atoms with E-state index in [1.807, 2.05) is 79.7 Å². The zero-order valence-electron chi connectivity index (χ0n) is 15.3. The van der Waals surface area contributed by atoms with Crippen LogP contribution in [0.1, 0.15) is 38.3 Å². The second-order valence-corrected chi connectivity index (χ2v) is 6.37. The lowest BCUT2D eigenvalue weighted by atomic mass is 10.0. The van der Waals surface area contributed by atoms with Crippen molar-refractivity contribution in [3.05, 3.63) is 78.4 Å². The molecule has 2 atom stereocenters. The average molecular weight is 347 g/mol. The van der Waals surface area contributed by atoms with Gasteiger partial charge >= 0.3 is 0 Å². The molecule has 0 aliphatic carbocycles. The summed E-state index contributed by atoms with van der Waals surface area (Å²) in [5, 5.41) is 5.27. The predicted molar refractivity (Wildman–Crippen MR) is 106 cm³/mol. The Morgan fingerprint density at radius 2 is 1.58 bits per heavy atom. The van der Waals surface area contributed by atoms with Crippen molar-refractivity contribution in [1.29, 1.82) is 0 Å². The third-order valence-electron chi connectivity index (χ3n) is 4.61. The van der Waals surface area contributed by atoms with Crippen molar-refractivity contribution in [2.45, 2.75) is 38.8 Å². The van der Waals surface area contributed by atoms with Crippen LogP contribution in [-0.2, 0) is 4.79 Å². The fourth-order valence-electron chi connectivity index (χ4n) is 3.15. The van der Waals surface area contributed by atoms with Gasteiger partial charge in [-0.2, -0.15) is 0 Å². The van der Waals surface area contributed by atoms with Gasteiger partial charge in [-0.05, 0) is 29.9 Å². The lowest BCUT2D eigenvalue weighted by Gasteiger charge is -2.23. The summed E-state index contributed by atoms with van der Waals surface area (Å²) in [5.41, 5.74) is 1.11. The van der Waals surface area contributed by atoms with Gasteiger partial charge in [0.1, 0.15) is 5.75 Å². The topological polar surface area (TPSA) is 38.3 Å². The van der Waals surface area contributed by atoms with Gasteiger partial charge in [0.05, 0.1) is 6.04 Å². The number of ether oxygens (including phenoxy) is 1. The highest BCUT2D eigenvalue weighted by Gasteiger charge is 2.22. The second kappa shape index (κ2) is 8.52. The van der Waals surface area contributed by atoms with Crippen LogP contribution in [0.2, 0.25) is 0 Å². The van der Waals surface area contributed by atoms with Gasteiger partial charge in [-0.15, -0.1) is 0 Å². The third-order valence-corrected chi connectivity index (χ3v) is 4.61. The molecule has 0 aliphatic heterocycles. The first-order valence-electron chi connectivity index (χ1n) is 9.22. The second-order valence-electron chi connectivity index (χ2n) is 6.37. The fraction of sp³-hybridized carbons (Fsp3) is 0.261. The number of fused-ring (bicyclic) bond motifs is 1. The molecular formula is C23H25NO2. The third kappa shape index (κ3) is 4.05. The highest BCUT2D eigenvalue weighted by atomic mass is 16.5. The van der Waals surface area contributed by atoms with Crippen LogP contribution in [0.4, 0.5) is 0 Å². The molecular weight excluding hydrogens is 322 g/mol. The molecule has 0 bridgehead atoms. The normalized spacial score (nSPS) is 13.2. The number of rotatable bonds is 7. The molecule has 0 spiro atoms. The molecule has 0 heterocycles. The molecule has 3 aromatic rings. The van der Waals surface area contributed by atoms with E-state index in [-0.39, 0.29) is 11.9 Å². The van der Waals surface area contributed by atoms with Crippen LogP contribution >= 0.6 is 0 Å². The number of hydrogen-bond donors (Lipinski definition) is 1. The van der Waals surface area contributed by atoms with Gasteiger partial charge in [-0.25, -0.2) is 0 Å². The van der Waals surface area contributed by atoms with E-state index >= 15 is 0 Å². The Morgan fingerprint density at radius 3 is 2.31 bits per heavy atom. The smallest absolute Gasteiger partial charge is 0.261 e. The first-order chi connectivity index (χ1) is 12.7. The van der Waals surface area contributed by atoms with Crippen molar-refractivity contribution in [3.8, 4) is 5.75 Å². The van der Waals surface area contributed by atoms with Crippen molar-refractivity contribution < 1.29 is 9.53 Å². The van der Waals surface area contributed by atoms with Gasteiger partial charge < -0.3 is 10.1 Å². The Balaban J connectivity index is 1.76. The maximum absolute atomic E-state index is 12.8. The van der Waals surface area contributed by atoms with Crippen LogP contribution in [0, 0.1) is 0 Å². The molecule has 0 aromatic heterocycles. The molecule has 0 saturated carbocycles. The molecule has 0 unspecified atom stereocenters. The quantitative estimate of drug-likeness (QED) is 0.633. The van der Waals surface area contributed by atoms with Gasteiger partial charge in [0.2, 0.25) is 0 Å². The van der Waals surface area contributed by atoms with Crippen molar-refractivity contribution in [2.24, 2.45) is 0 Å². The van der Waals surface area contributed by atoms with Crippen molar-refractivity contribution in [2.75, 3.05) is 0 Å². The number of benzene rings is 3. The largest absolute Gasteiger partial charge is 0.480 e. The molecule has 1 N–H and O–H groups in total. The lowest BCUT2D eigenvalue weighted by molar-refractivity contribution is -0.128. The lowest BCUT2D eigenvalue weighted by Crippen LogP contribution is -2.39. The van der Waals surface area contributed by atoms with E-state index in [1.54, 1.807) is 0 Å². The summed E-state index contributed by atoms with van der Waals surface area (Å²) in [4.78, 5) is 12.8. The van der Waals surface area contributed by atoms with Gasteiger partial charge in [0.25, 0.3) is 5.91 Å². The number of hydrogen-bond acceptors (Lipinski definition) is 2. The molecule has 0 saturated heterocycles. The number of carbonyl (C=O) groups excluding carboxylic acids is 1. The van der Waals surface area contributed by atoms with Gasteiger partial charge in [0, 0.05) is 5.39 Å². The molecule has 0 aliphatic rings. The maximum Gasteiger partial charge on any atom is 0.261 e. The molecule has 3 rings (SSSR count). The Hall–Kier alpha value is -2.81. The summed E-state index contributed by atoms with van der Waals surface area (Å²) >= 11 is 0. The minimum absolute atomic E-state index is 0.00568. The van der Waals surface area contributed by atoms with Crippen LogP contribution in [0.15, 0.2) is 72.8 Å². The molecule has 1 amide bonds. The Morgan fingerprint density at radius 1 is 0.885 bits per heavy atom. The first kappa shape index (κ1) is 18.0. The minimum Gasteiger partial charge on any atom is -0.480 e. The number of amides is 1. The van der Waals surface area contributed by atoms with Gasteiger partial charge in [0.15, 0.2) is 6.10 Å². The highest BCUT2D eigenvalue weighted by molar-refractivity contribution is 5.89. The van der Waals surface area contributed by atoms with E-state index in [0.717, 1.165) is 28.5 Å². The summed E-state index contributed by atoms with van der Waals surface area (Å²) in [6, 6.07) is 24.0. The SMILES string of the molecule is CC[C@@H](Oc1cccc2ccccc12)C(=O)N[C@H](CC)c1ccccc1. The molecule has 0 radical (unpaired) electrons. The number of carbonyl (C=O) groups is 1. The minimum atomic E-state index is -0.515. The Labute approximate surface area is 155 Å². The maximum atomic E-state index is 12.8. The zero-order chi connectivity index (χ0) is 18.4. The van der Waals surface area contributed by atoms with E-state index < -0.39 is 6.10 Å². The summed E-state index contributed by atoms with van der Waals surface area (Å²) < 4.78 is 6.11. The van der Waals surface area contributed by atoms with E-state index in [0.29, 0.717) is 6.42 Å². The summed E-state index contributed by atoms with van der Waals surface area (Å²) in [5.74, 6) is 0.675. The summed E-state index contributed by atoms with van der Waals surface area (Å²) in [6.45, 7) is 4.04. The van der Waals surface area contributed by atoms with E-state index in [1.165, 1.54) is 0 Å². The fourth-order valence-corrected chi connectivity index (χ4v) is 3.15. The summed E-state index contributed by atoms with van der Waals surface area (Å²) in [7, 11) is 0. The van der Waals surface area contributed by atoms with Gasteiger partial charge in [-0.1, -0.05) is 80.6 Å². The summed E-state index contributed by atoms with van der Waals surface area (Å²) in [6.07, 6.45) is 0.930. The van der Waals surface area contributed by atoms with Gasteiger partial charge in [-0.3, -0.25) is 4.79 Å². The molecule has 26 heavy (non-hydrogen) atoms. The van der Waals surface area contributed by atoms with E-state index in [9.17, 15) is 4.79 Å². The molecule has 3 nitrogen and oxygen atoms in total. The predicted octanol–water partition coefficient (Wildman–Crippen LogP) is 5.26. The van der Waals surface area contributed by atoms with Crippen LogP contribution < -0.4 is 10.1 Å². The standard InChI is InChI=1S/C23H25NO2/c1-3-20(18-12-6-5-7-13-18)24-23(25)21(4-2)26-22-16-10-14-17-11-8-9-15-19(17)22/h5-16,20-21H,3-4H2,1-2H3,(H,24,25)/t20-,21-/m1/s1. The van der Waals surface area contributed by atoms with Crippen molar-refractivity contribution in [1.82, 2.24) is 5.32 Å². The van der Waals surface area contributed by atoms with Crippen molar-refractivity contribution in [3.63, 3.8) is 0 Å². The Kier molecular flexibility index (Phi) is 5.90. The first-order valence-corrected chi connectivity index (χ1v) is 9.22. The zero-order valence-corrected chi connectivity index (χ0v) is 15.3. The highest BCUT2D eigenvalue weighted by Crippen LogP contribution is 2.27. The van der Waals surface area contributed by atoms with Crippen LogP contribution in [0.25, 0.3) is 10.8 Å². The van der Waals surface area contributed by atoms with Crippen LogP contribution in [-0.4, -0.2) is 12.0 Å². The molecule has 0 fully saturated rings. The van der Waals surface area contributed by atoms with E-state index in [2.05, 4.69) is 12.2 Å². The monoisotopic (exact) mass is 347 g/mol. The molecule has 134 valence electrons. The van der Waals surface area contributed by atoms with E-state index in [4.69, 9.17) is 4.74 Å². The van der Waals surface area contributed by atoms with Crippen molar-refractivity contribution >= 4 is 16.7 Å².